The quantitative estimate of drug-likeness (QED) is 0.0705. The number of rotatable bonds is 20. The van der Waals surface area contributed by atoms with E-state index < -0.39 is 0 Å². The van der Waals surface area contributed by atoms with Crippen molar-refractivity contribution in [2.24, 2.45) is 0 Å². The molecule has 0 spiro atoms. The first-order valence-electron chi connectivity index (χ1n) is 37.2. The van der Waals surface area contributed by atoms with E-state index in [1.54, 1.807) is 0 Å². The highest BCUT2D eigenvalue weighted by Crippen LogP contribution is 2.55. The van der Waals surface area contributed by atoms with Gasteiger partial charge in [0.2, 0.25) is 11.4 Å². The summed E-state index contributed by atoms with van der Waals surface area (Å²) >= 11 is 0. The van der Waals surface area contributed by atoms with Gasteiger partial charge in [-0.2, -0.15) is 9.15 Å². The predicted molar refractivity (Wildman–Crippen MR) is 429 cm³/mol. The summed E-state index contributed by atoms with van der Waals surface area (Å²) in [6.45, 7) is 16.6. The molecule has 12 aromatic carbocycles. The number of unbranched alkanes of at least 4 members (excludes halogenated alkanes) is 2. The summed E-state index contributed by atoms with van der Waals surface area (Å²) in [5, 5.41) is 10.5. The van der Waals surface area contributed by atoms with E-state index in [4.69, 9.17) is 0 Å². The van der Waals surface area contributed by atoms with Crippen molar-refractivity contribution in [1.82, 2.24) is 0 Å². The maximum atomic E-state index is 2.67. The highest BCUT2D eigenvalue weighted by Gasteiger charge is 2.51. The Balaban J connectivity index is 0.705. The highest BCUT2D eigenvalue weighted by molar-refractivity contribution is 6.10. The van der Waals surface area contributed by atoms with Gasteiger partial charge >= 0.3 is 0 Å². The van der Waals surface area contributed by atoms with E-state index in [1.807, 2.05) is 0 Å². The molecule has 500 valence electrons. The standard InChI is InChI=1S/C97H94N4/c1-9-11-61-100-84-59-55-76-35-21-25-39-80(76)92(84)96(5,88(100)43-27-41-86-94(3,64-70-29-15-13-16-30-70)90-78-37-23-19-33-74(78)53-57-82(90)98(86)7)66-72-49-45-68(46-50-72)63-69-47-51-73(52-48-69)67-97(6)89(101(62-12-10-2)85-60-56-77-36-22-26-40-81(77)93(85)97)44-28-42-87-95(4,65-71-31-17-14-18-32-71)91-79-38-24-20-34-75(79)54-58-83(91)99(87)8/h13-60H,9-12,61-67H2,1-8H3/q+2. The van der Waals surface area contributed by atoms with Crippen LogP contribution in [0.25, 0.3) is 43.1 Å². The van der Waals surface area contributed by atoms with Crippen LogP contribution in [0.2, 0.25) is 0 Å². The molecule has 4 heteroatoms. The lowest BCUT2D eigenvalue weighted by molar-refractivity contribution is -0.438. The molecular formula is C97H94N4+2. The monoisotopic (exact) mass is 1310 g/mol. The van der Waals surface area contributed by atoms with Gasteiger partial charge in [0.1, 0.15) is 13.1 Å². The van der Waals surface area contributed by atoms with Crippen molar-refractivity contribution in [1.29, 1.82) is 0 Å². The second kappa shape index (κ2) is 26.6. The van der Waals surface area contributed by atoms with Gasteiger partial charge < -0.3 is 9.80 Å². The number of nitrogens with zero attached hydrogens (tertiary/aromatic N) is 4. The van der Waals surface area contributed by atoms with E-state index in [-0.39, 0.29) is 21.7 Å². The molecule has 16 rings (SSSR count). The Morgan fingerprint density at radius 3 is 0.990 bits per heavy atom. The molecule has 4 aliphatic rings. The molecule has 0 saturated heterocycles. The van der Waals surface area contributed by atoms with Crippen LogP contribution < -0.4 is 9.80 Å². The molecule has 4 aliphatic heterocycles. The summed E-state index contributed by atoms with van der Waals surface area (Å²) in [6.07, 6.45) is 23.5. The van der Waals surface area contributed by atoms with Gasteiger partial charge in [0.25, 0.3) is 0 Å². The lowest BCUT2D eigenvalue weighted by atomic mass is 9.72. The van der Waals surface area contributed by atoms with Crippen molar-refractivity contribution in [2.45, 2.75) is 121 Å². The number of benzene rings is 12. The second-order valence-corrected chi connectivity index (χ2v) is 30.3. The Bertz CT molecular complexity index is 5040. The normalized spacial score (nSPS) is 20.9. The Morgan fingerprint density at radius 1 is 0.317 bits per heavy atom. The Morgan fingerprint density at radius 2 is 0.624 bits per heavy atom. The number of allylic oxidation sites excluding steroid dienone is 8. The summed E-state index contributed by atoms with van der Waals surface area (Å²) in [5.41, 5.74) is 23.2. The number of anilines is 2. The average molecular weight is 1320 g/mol. The van der Waals surface area contributed by atoms with Crippen LogP contribution in [0.3, 0.4) is 0 Å². The fraction of sp³-hybridized carbons (Fsp3) is 0.237. The fourth-order valence-corrected chi connectivity index (χ4v) is 18.8. The van der Waals surface area contributed by atoms with Gasteiger partial charge in [-0.25, -0.2) is 0 Å². The van der Waals surface area contributed by atoms with Crippen molar-refractivity contribution in [3.8, 4) is 0 Å². The molecular weight excluding hydrogens is 1220 g/mol. The summed E-state index contributed by atoms with van der Waals surface area (Å²) in [5.74, 6) is 0. The summed E-state index contributed by atoms with van der Waals surface area (Å²) < 4.78 is 5.34. The zero-order valence-corrected chi connectivity index (χ0v) is 60.3. The molecule has 0 amide bonds. The van der Waals surface area contributed by atoms with Gasteiger partial charge in [-0.1, -0.05) is 257 Å². The first-order chi connectivity index (χ1) is 49.3. The molecule has 0 saturated carbocycles. The molecule has 101 heavy (non-hydrogen) atoms. The minimum Gasteiger partial charge on any atom is -0.347 e. The number of fused-ring (bicyclic) bond motifs is 12. The third kappa shape index (κ3) is 11.4. The number of hydrogen-bond donors (Lipinski definition) is 0. The van der Waals surface area contributed by atoms with Crippen molar-refractivity contribution >= 4 is 77.3 Å². The van der Waals surface area contributed by atoms with Crippen LogP contribution in [0.4, 0.5) is 22.7 Å². The van der Waals surface area contributed by atoms with Crippen molar-refractivity contribution in [3.05, 3.63) is 358 Å². The van der Waals surface area contributed by atoms with Crippen molar-refractivity contribution < 1.29 is 9.15 Å². The maximum absolute atomic E-state index is 2.67. The molecule has 0 fully saturated rings. The maximum Gasteiger partial charge on any atom is 0.210 e. The van der Waals surface area contributed by atoms with E-state index in [0.717, 1.165) is 70.9 Å². The van der Waals surface area contributed by atoms with Crippen LogP contribution in [-0.4, -0.2) is 47.8 Å². The Kier molecular flexibility index (Phi) is 17.2. The van der Waals surface area contributed by atoms with E-state index in [2.05, 4.69) is 366 Å². The van der Waals surface area contributed by atoms with E-state index in [9.17, 15) is 0 Å². The number of hydrogen-bond acceptors (Lipinski definition) is 2. The summed E-state index contributed by atoms with van der Waals surface area (Å²) in [7, 11) is 4.54. The van der Waals surface area contributed by atoms with Gasteiger partial charge in [-0.15, -0.1) is 0 Å². The molecule has 0 aromatic heterocycles. The Hall–Kier alpha value is -10.4. The Labute approximate surface area is 599 Å². The van der Waals surface area contributed by atoms with Crippen LogP contribution in [0, 0.1) is 0 Å². The van der Waals surface area contributed by atoms with Gasteiger partial charge in [0.05, 0.1) is 10.8 Å². The van der Waals surface area contributed by atoms with Gasteiger partial charge in [-0.3, -0.25) is 0 Å². The SMILES string of the molecule is CCCC[N+]1=C(/C=C/C=C2/N(C)c3ccc4ccccc4c3C2(C)Cc2ccccc2)C(C)(Cc2ccc(Cc3ccc(CC4(C)C(/C=C/C=C5/N(C)c6ccc7ccccc7c6C5(C)Cc5ccccc5)=[N+](CCCC)c5ccc6ccccc6c54)cc3)cc2)c2c1ccc1ccccc21. The minimum atomic E-state index is -0.316. The fourth-order valence-electron chi connectivity index (χ4n) is 18.8. The molecule has 4 heterocycles. The average Bonchev–Trinajstić information content (AvgIpc) is 1.59. The molecule has 4 atom stereocenters. The smallest absolute Gasteiger partial charge is 0.210 e. The van der Waals surface area contributed by atoms with E-state index in [0.29, 0.717) is 0 Å². The molecule has 12 aromatic rings. The third-order valence-corrected chi connectivity index (χ3v) is 23.6. The minimum absolute atomic E-state index is 0.261. The van der Waals surface area contributed by atoms with Crippen LogP contribution >= 0.6 is 0 Å². The molecule has 0 aliphatic carbocycles. The van der Waals surface area contributed by atoms with Crippen LogP contribution in [0.1, 0.15) is 123 Å². The third-order valence-electron chi connectivity index (χ3n) is 23.6. The molecule has 0 bridgehead atoms. The second-order valence-electron chi connectivity index (χ2n) is 30.3. The van der Waals surface area contributed by atoms with Crippen LogP contribution in [0.5, 0.6) is 0 Å². The predicted octanol–water partition coefficient (Wildman–Crippen LogP) is 22.9. The van der Waals surface area contributed by atoms with Crippen LogP contribution in [0.15, 0.2) is 303 Å². The first kappa shape index (κ1) is 65.2. The zero-order valence-electron chi connectivity index (χ0n) is 60.3. The summed E-state index contributed by atoms with van der Waals surface area (Å²) in [6, 6.07) is 96.3. The molecule has 0 radical (unpaired) electrons. The topological polar surface area (TPSA) is 12.5 Å². The number of likely N-dealkylation sites (N-methyl/N-ethyl adjacent to an activating group) is 2. The highest BCUT2D eigenvalue weighted by atomic mass is 15.2. The molecule has 4 unspecified atom stereocenters. The van der Waals surface area contributed by atoms with Gasteiger partial charge in [0, 0.05) is 95.9 Å². The van der Waals surface area contributed by atoms with Gasteiger partial charge in [0.15, 0.2) is 11.4 Å². The molecule has 4 nitrogen and oxygen atoms in total. The zero-order chi connectivity index (χ0) is 69.0. The largest absolute Gasteiger partial charge is 0.347 e. The summed E-state index contributed by atoms with van der Waals surface area (Å²) in [4.78, 5) is 4.92. The molecule has 0 N–H and O–H groups in total. The van der Waals surface area contributed by atoms with E-state index >= 15 is 0 Å². The van der Waals surface area contributed by atoms with Crippen molar-refractivity contribution in [3.63, 3.8) is 0 Å². The van der Waals surface area contributed by atoms with Gasteiger partial charge in [-0.05, 0) is 184 Å². The lowest BCUT2D eigenvalue weighted by Crippen LogP contribution is -2.34. The lowest BCUT2D eigenvalue weighted by Gasteiger charge is -2.29. The first-order valence-corrected chi connectivity index (χ1v) is 37.2. The van der Waals surface area contributed by atoms with E-state index in [1.165, 1.54) is 144 Å². The van der Waals surface area contributed by atoms with Crippen molar-refractivity contribution in [2.75, 3.05) is 37.0 Å². The van der Waals surface area contributed by atoms with Crippen LogP contribution in [-0.2, 0) is 53.8 Å².